The summed E-state index contributed by atoms with van der Waals surface area (Å²) in [5.74, 6) is -0.273. The first kappa shape index (κ1) is 12.3. The highest BCUT2D eigenvalue weighted by atomic mass is 79.9. The predicted octanol–water partition coefficient (Wildman–Crippen LogP) is 4.35. The second kappa shape index (κ2) is 5.47. The molecule has 0 saturated carbocycles. The van der Waals surface area contributed by atoms with E-state index in [0.29, 0.717) is 12.2 Å². The van der Waals surface area contributed by atoms with Crippen LogP contribution in [0, 0.1) is 0 Å². The molecule has 0 aliphatic rings. The molecule has 88 valence electrons. The van der Waals surface area contributed by atoms with Crippen LogP contribution in [0.3, 0.4) is 0 Å². The third-order valence-electron chi connectivity index (χ3n) is 2.23. The Morgan fingerprint density at radius 3 is 2.88 bits per heavy atom. The average molecular weight is 311 g/mol. The molecule has 1 aromatic carbocycles. The van der Waals surface area contributed by atoms with Crippen LogP contribution in [0.2, 0.25) is 0 Å². The van der Waals surface area contributed by atoms with Crippen LogP contribution in [-0.4, -0.2) is 12.6 Å². The van der Waals surface area contributed by atoms with E-state index >= 15 is 0 Å². The number of halogens is 1. The lowest BCUT2D eigenvalue weighted by Crippen LogP contribution is -2.04. The van der Waals surface area contributed by atoms with E-state index in [9.17, 15) is 4.79 Å². The van der Waals surface area contributed by atoms with Gasteiger partial charge in [-0.05, 0) is 46.6 Å². The van der Waals surface area contributed by atoms with E-state index in [1.165, 1.54) is 0 Å². The van der Waals surface area contributed by atoms with E-state index in [2.05, 4.69) is 15.9 Å². The Morgan fingerprint density at radius 2 is 2.24 bits per heavy atom. The summed E-state index contributed by atoms with van der Waals surface area (Å²) in [6.07, 6.45) is 0. The maximum atomic E-state index is 11.6. The van der Waals surface area contributed by atoms with E-state index in [0.717, 1.165) is 14.9 Å². The van der Waals surface area contributed by atoms with Crippen molar-refractivity contribution in [3.63, 3.8) is 0 Å². The summed E-state index contributed by atoms with van der Waals surface area (Å²) in [5.41, 5.74) is 1.63. The smallest absolute Gasteiger partial charge is 0.338 e. The Bertz CT molecular complexity index is 534. The van der Waals surface area contributed by atoms with Crippen molar-refractivity contribution in [1.29, 1.82) is 0 Å². The fraction of sp³-hybridized carbons (Fsp3) is 0.154. The molecule has 0 fully saturated rings. The number of thiophene rings is 1. The zero-order valence-electron chi connectivity index (χ0n) is 9.27. The molecule has 2 rings (SSSR count). The van der Waals surface area contributed by atoms with Gasteiger partial charge >= 0.3 is 5.97 Å². The van der Waals surface area contributed by atoms with Crippen molar-refractivity contribution in [2.24, 2.45) is 0 Å². The lowest BCUT2D eigenvalue weighted by atomic mass is 10.1. The van der Waals surface area contributed by atoms with Gasteiger partial charge < -0.3 is 4.74 Å². The molecule has 1 aromatic heterocycles. The number of hydrogen-bond acceptors (Lipinski definition) is 3. The Hall–Kier alpha value is -1.13. The van der Waals surface area contributed by atoms with Crippen molar-refractivity contribution >= 4 is 33.2 Å². The summed E-state index contributed by atoms with van der Waals surface area (Å²) in [5, 5.41) is 2.02. The van der Waals surface area contributed by atoms with Crippen LogP contribution in [0.25, 0.3) is 10.4 Å². The Labute approximate surface area is 112 Å². The molecule has 0 atom stereocenters. The van der Waals surface area contributed by atoms with E-state index < -0.39 is 0 Å². The second-order valence-electron chi connectivity index (χ2n) is 3.43. The Morgan fingerprint density at radius 1 is 1.41 bits per heavy atom. The first-order valence-electron chi connectivity index (χ1n) is 5.22. The van der Waals surface area contributed by atoms with Crippen LogP contribution in [0.5, 0.6) is 0 Å². The van der Waals surface area contributed by atoms with Crippen molar-refractivity contribution in [3.05, 3.63) is 45.7 Å². The highest BCUT2D eigenvalue weighted by Crippen LogP contribution is 2.30. The molecule has 0 N–H and O–H groups in total. The van der Waals surface area contributed by atoms with Crippen molar-refractivity contribution < 1.29 is 9.53 Å². The normalized spacial score (nSPS) is 10.2. The van der Waals surface area contributed by atoms with Crippen LogP contribution in [0.15, 0.2) is 40.2 Å². The number of esters is 1. The Balaban J connectivity index is 2.31. The number of carbonyl (C=O) groups is 1. The Kier molecular flexibility index (Phi) is 3.97. The summed E-state index contributed by atoms with van der Waals surface area (Å²) < 4.78 is 6.03. The molecular weight excluding hydrogens is 300 g/mol. The maximum Gasteiger partial charge on any atom is 0.338 e. The monoisotopic (exact) mass is 310 g/mol. The number of rotatable bonds is 3. The van der Waals surface area contributed by atoms with Gasteiger partial charge in [-0.1, -0.05) is 12.1 Å². The van der Waals surface area contributed by atoms with Gasteiger partial charge in [0.25, 0.3) is 0 Å². The lowest BCUT2D eigenvalue weighted by molar-refractivity contribution is 0.0526. The highest BCUT2D eigenvalue weighted by molar-refractivity contribution is 9.10. The van der Waals surface area contributed by atoms with Gasteiger partial charge in [0.1, 0.15) is 0 Å². The molecule has 0 bridgehead atoms. The first-order valence-corrected chi connectivity index (χ1v) is 6.89. The zero-order chi connectivity index (χ0) is 12.3. The fourth-order valence-corrected chi connectivity index (χ4v) is 2.90. The summed E-state index contributed by atoms with van der Waals surface area (Å²) >= 11 is 5.06. The third kappa shape index (κ3) is 2.96. The molecule has 0 saturated heterocycles. The number of ether oxygens (including phenoxy) is 1. The van der Waals surface area contributed by atoms with Crippen molar-refractivity contribution in [1.82, 2.24) is 0 Å². The summed E-state index contributed by atoms with van der Waals surface area (Å²) in [7, 11) is 0. The number of benzene rings is 1. The topological polar surface area (TPSA) is 26.3 Å². The highest BCUT2D eigenvalue weighted by Gasteiger charge is 2.08. The first-order chi connectivity index (χ1) is 8.20. The third-order valence-corrected chi connectivity index (χ3v) is 3.97. The molecule has 0 unspecified atom stereocenters. The van der Waals surface area contributed by atoms with Crippen LogP contribution < -0.4 is 0 Å². The standard InChI is InChI=1S/C13H11BrO2S/c1-2-16-13(15)10-5-3-4-9(6-10)12-7-11(14)8-17-12/h3-8H,2H2,1H3. The van der Waals surface area contributed by atoms with Gasteiger partial charge in [0.2, 0.25) is 0 Å². The molecule has 0 amide bonds. The molecule has 2 nitrogen and oxygen atoms in total. The summed E-state index contributed by atoms with van der Waals surface area (Å²) in [6, 6.07) is 9.52. The molecule has 0 radical (unpaired) electrons. The van der Waals surface area contributed by atoms with Gasteiger partial charge in [0, 0.05) is 14.7 Å². The largest absolute Gasteiger partial charge is 0.462 e. The van der Waals surface area contributed by atoms with Crippen molar-refractivity contribution in [2.75, 3.05) is 6.61 Å². The molecule has 1 heterocycles. The van der Waals surface area contributed by atoms with Gasteiger partial charge in [0.05, 0.1) is 12.2 Å². The van der Waals surface area contributed by atoms with Gasteiger partial charge in [-0.2, -0.15) is 0 Å². The molecule has 0 aliphatic heterocycles. The van der Waals surface area contributed by atoms with Gasteiger partial charge in [0.15, 0.2) is 0 Å². The minimum atomic E-state index is -0.273. The number of hydrogen-bond donors (Lipinski definition) is 0. The van der Waals surface area contributed by atoms with Crippen molar-refractivity contribution in [2.45, 2.75) is 6.92 Å². The molecular formula is C13H11BrO2S. The zero-order valence-corrected chi connectivity index (χ0v) is 11.7. The average Bonchev–Trinajstić information content (AvgIpc) is 2.76. The number of carbonyl (C=O) groups excluding carboxylic acids is 1. The van der Waals surface area contributed by atoms with Gasteiger partial charge in [-0.3, -0.25) is 0 Å². The fourth-order valence-electron chi connectivity index (χ4n) is 1.48. The van der Waals surface area contributed by atoms with Crippen LogP contribution in [0.4, 0.5) is 0 Å². The van der Waals surface area contributed by atoms with Crippen LogP contribution in [0.1, 0.15) is 17.3 Å². The van der Waals surface area contributed by atoms with Gasteiger partial charge in [-0.15, -0.1) is 11.3 Å². The van der Waals surface area contributed by atoms with Crippen LogP contribution >= 0.6 is 27.3 Å². The molecule has 4 heteroatoms. The predicted molar refractivity (Wildman–Crippen MR) is 73.4 cm³/mol. The van der Waals surface area contributed by atoms with E-state index in [1.807, 2.05) is 29.6 Å². The summed E-state index contributed by atoms with van der Waals surface area (Å²) in [4.78, 5) is 12.7. The second-order valence-corrected chi connectivity index (χ2v) is 5.26. The molecule has 2 aromatic rings. The minimum absolute atomic E-state index is 0.273. The van der Waals surface area contributed by atoms with Gasteiger partial charge in [-0.25, -0.2) is 4.79 Å². The SMILES string of the molecule is CCOC(=O)c1cccc(-c2cc(Br)cs2)c1. The minimum Gasteiger partial charge on any atom is -0.462 e. The molecule has 17 heavy (non-hydrogen) atoms. The van der Waals surface area contributed by atoms with Crippen LogP contribution in [-0.2, 0) is 4.74 Å². The van der Waals surface area contributed by atoms with E-state index in [1.54, 1.807) is 24.3 Å². The van der Waals surface area contributed by atoms with E-state index in [4.69, 9.17) is 4.74 Å². The molecule has 0 spiro atoms. The maximum absolute atomic E-state index is 11.6. The summed E-state index contributed by atoms with van der Waals surface area (Å²) in [6.45, 7) is 2.20. The molecule has 0 aliphatic carbocycles. The quantitative estimate of drug-likeness (QED) is 0.788. The van der Waals surface area contributed by atoms with Crippen molar-refractivity contribution in [3.8, 4) is 10.4 Å². The van der Waals surface area contributed by atoms with E-state index in [-0.39, 0.29) is 5.97 Å². The lowest BCUT2D eigenvalue weighted by Gasteiger charge is -2.03.